The Kier molecular flexibility index (Phi) is 8.11. The Bertz CT molecular complexity index is 1290. The van der Waals surface area contributed by atoms with Crippen LogP contribution in [0.25, 0.3) is 0 Å². The number of hydrogen-bond acceptors (Lipinski definition) is 4. The van der Waals surface area contributed by atoms with Crippen LogP contribution < -0.4 is 5.32 Å². The van der Waals surface area contributed by atoms with Crippen molar-refractivity contribution in [2.75, 3.05) is 11.9 Å². The van der Waals surface area contributed by atoms with E-state index < -0.39 is 22.5 Å². The number of carbonyl (C=O) groups is 1. The Balaban J connectivity index is 1.86. The van der Waals surface area contributed by atoms with Gasteiger partial charge in [-0.25, -0.2) is 8.42 Å². The number of nitriles is 1. The number of carbonyl (C=O) groups excluding carboxylic acids is 1. The first-order valence-electron chi connectivity index (χ1n) is 9.95. The Morgan fingerprint density at radius 3 is 2.30 bits per heavy atom. The van der Waals surface area contributed by atoms with Gasteiger partial charge in [0.2, 0.25) is 15.9 Å². The molecule has 0 unspecified atom stereocenters. The maximum absolute atomic E-state index is 13.4. The summed E-state index contributed by atoms with van der Waals surface area (Å²) in [7, 11) is -4.00. The van der Waals surface area contributed by atoms with Gasteiger partial charge >= 0.3 is 0 Å². The molecule has 170 valence electrons. The lowest BCUT2D eigenvalue weighted by atomic mass is 10.1. The van der Waals surface area contributed by atoms with Crippen molar-refractivity contribution in [3.8, 4) is 6.07 Å². The van der Waals surface area contributed by atoms with Crippen LogP contribution >= 0.6 is 23.2 Å². The molecule has 0 aliphatic carbocycles. The van der Waals surface area contributed by atoms with Gasteiger partial charge in [-0.2, -0.15) is 9.57 Å². The van der Waals surface area contributed by atoms with Crippen LogP contribution in [0.1, 0.15) is 16.7 Å². The van der Waals surface area contributed by atoms with Gasteiger partial charge in [-0.15, -0.1) is 0 Å². The molecule has 0 saturated carbocycles. The quantitative estimate of drug-likeness (QED) is 0.459. The van der Waals surface area contributed by atoms with Gasteiger partial charge in [-0.05, 0) is 54.4 Å². The van der Waals surface area contributed by atoms with E-state index in [4.69, 9.17) is 28.5 Å². The van der Waals surface area contributed by atoms with E-state index in [-0.39, 0.29) is 17.9 Å². The maximum Gasteiger partial charge on any atom is 0.243 e. The predicted molar refractivity (Wildman–Crippen MR) is 130 cm³/mol. The highest BCUT2D eigenvalue weighted by atomic mass is 35.5. The van der Waals surface area contributed by atoms with Gasteiger partial charge in [-0.3, -0.25) is 4.79 Å². The molecule has 0 fully saturated rings. The Morgan fingerprint density at radius 1 is 1.03 bits per heavy atom. The molecule has 3 aromatic carbocycles. The predicted octanol–water partition coefficient (Wildman–Crippen LogP) is 5.20. The van der Waals surface area contributed by atoms with Crippen molar-refractivity contribution in [2.45, 2.75) is 24.8 Å². The second kappa shape index (κ2) is 10.8. The van der Waals surface area contributed by atoms with Crippen molar-refractivity contribution in [3.63, 3.8) is 0 Å². The van der Waals surface area contributed by atoms with Crippen molar-refractivity contribution in [2.24, 2.45) is 0 Å². The van der Waals surface area contributed by atoms with Gasteiger partial charge in [0.1, 0.15) is 0 Å². The molecule has 1 N–H and O–H groups in total. The van der Waals surface area contributed by atoms with Crippen LogP contribution in [-0.4, -0.2) is 25.2 Å². The van der Waals surface area contributed by atoms with Gasteiger partial charge in [0.15, 0.2) is 0 Å². The summed E-state index contributed by atoms with van der Waals surface area (Å²) >= 11 is 12.2. The number of hydrogen-bond donors (Lipinski definition) is 1. The van der Waals surface area contributed by atoms with Crippen molar-refractivity contribution in [1.29, 1.82) is 5.26 Å². The van der Waals surface area contributed by atoms with Crippen LogP contribution in [0.15, 0.2) is 71.6 Å². The zero-order valence-electron chi connectivity index (χ0n) is 17.8. The van der Waals surface area contributed by atoms with E-state index in [2.05, 4.69) is 11.4 Å². The molecule has 0 aromatic heterocycles. The van der Waals surface area contributed by atoms with Crippen LogP contribution in [0.5, 0.6) is 0 Å². The van der Waals surface area contributed by atoms with Gasteiger partial charge in [0, 0.05) is 22.3 Å². The van der Waals surface area contributed by atoms with E-state index in [9.17, 15) is 13.2 Å². The fraction of sp³-hybridized carbons (Fsp3) is 0.167. The molecular weight excluding hydrogens is 481 g/mol. The lowest BCUT2D eigenvalue weighted by Crippen LogP contribution is -2.37. The largest absolute Gasteiger partial charge is 0.325 e. The monoisotopic (exact) mass is 501 g/mol. The first-order chi connectivity index (χ1) is 15.7. The fourth-order valence-corrected chi connectivity index (χ4v) is 4.93. The molecule has 0 heterocycles. The number of amides is 1. The van der Waals surface area contributed by atoms with Crippen LogP contribution in [0.4, 0.5) is 5.69 Å². The van der Waals surface area contributed by atoms with E-state index in [0.29, 0.717) is 21.3 Å². The van der Waals surface area contributed by atoms with Crippen molar-refractivity contribution in [1.82, 2.24) is 4.31 Å². The summed E-state index contributed by atoms with van der Waals surface area (Å²) in [4.78, 5) is 12.8. The molecule has 0 bridgehead atoms. The minimum atomic E-state index is -4.00. The highest BCUT2D eigenvalue weighted by Crippen LogP contribution is 2.25. The first-order valence-corrected chi connectivity index (χ1v) is 12.1. The molecule has 0 atom stereocenters. The van der Waals surface area contributed by atoms with Gasteiger partial charge in [-0.1, -0.05) is 59.1 Å². The smallest absolute Gasteiger partial charge is 0.243 e. The number of nitrogens with zero attached hydrogens (tertiary/aromatic N) is 2. The number of benzene rings is 3. The summed E-state index contributed by atoms with van der Waals surface area (Å²) in [5.41, 5.74) is 2.75. The second-order valence-corrected chi connectivity index (χ2v) is 10.2. The fourth-order valence-electron chi connectivity index (χ4n) is 3.08. The maximum atomic E-state index is 13.4. The van der Waals surface area contributed by atoms with E-state index >= 15 is 0 Å². The van der Waals surface area contributed by atoms with E-state index in [1.165, 1.54) is 18.2 Å². The van der Waals surface area contributed by atoms with Gasteiger partial charge in [0.25, 0.3) is 0 Å². The first kappa shape index (κ1) is 24.7. The zero-order valence-corrected chi connectivity index (χ0v) is 20.1. The van der Waals surface area contributed by atoms with E-state index in [1.54, 1.807) is 48.5 Å². The molecule has 3 rings (SSSR count). The molecule has 33 heavy (non-hydrogen) atoms. The summed E-state index contributed by atoms with van der Waals surface area (Å²) in [6.45, 7) is 1.33. The highest BCUT2D eigenvalue weighted by Gasteiger charge is 2.27. The number of nitrogens with one attached hydrogen (secondary N) is 1. The molecular formula is C24H21Cl2N3O3S. The van der Waals surface area contributed by atoms with Gasteiger partial charge in [0.05, 0.1) is 23.9 Å². The standard InChI is InChI=1S/C24H21Cl2N3O3S/c1-17-2-10-22(11-3-17)33(31,32)29(15-19-6-7-20(25)14-23(19)26)16-24(30)28-21-8-4-18(5-9-21)12-13-27/h2-11,14H,12,15-16H2,1H3,(H,28,30). The van der Waals surface area contributed by atoms with Crippen molar-refractivity contribution >= 4 is 44.8 Å². The summed E-state index contributed by atoms with van der Waals surface area (Å²) < 4.78 is 27.8. The SMILES string of the molecule is Cc1ccc(S(=O)(=O)N(CC(=O)Nc2ccc(CC#N)cc2)Cc2ccc(Cl)cc2Cl)cc1. The van der Waals surface area contributed by atoms with Crippen molar-refractivity contribution in [3.05, 3.63) is 93.5 Å². The zero-order chi connectivity index (χ0) is 24.0. The molecule has 0 aliphatic rings. The minimum Gasteiger partial charge on any atom is -0.325 e. The Hall–Kier alpha value is -2.89. The third kappa shape index (κ3) is 6.56. The lowest BCUT2D eigenvalue weighted by molar-refractivity contribution is -0.116. The lowest BCUT2D eigenvalue weighted by Gasteiger charge is -2.22. The summed E-state index contributed by atoms with van der Waals surface area (Å²) in [5.74, 6) is -0.510. The molecule has 0 radical (unpaired) electrons. The second-order valence-electron chi connectivity index (χ2n) is 7.40. The van der Waals surface area contributed by atoms with Crippen LogP contribution in [-0.2, 0) is 27.8 Å². The third-order valence-electron chi connectivity index (χ3n) is 4.86. The van der Waals surface area contributed by atoms with Crippen LogP contribution in [0, 0.1) is 18.3 Å². The van der Waals surface area contributed by atoms with E-state index in [1.807, 2.05) is 6.92 Å². The van der Waals surface area contributed by atoms with Crippen LogP contribution in [0.2, 0.25) is 10.0 Å². The third-order valence-corrected chi connectivity index (χ3v) is 7.25. The molecule has 1 amide bonds. The molecule has 9 heteroatoms. The topological polar surface area (TPSA) is 90.3 Å². The summed E-state index contributed by atoms with van der Waals surface area (Å²) in [6, 6.07) is 20.0. The minimum absolute atomic E-state index is 0.0758. The Morgan fingerprint density at radius 2 is 1.70 bits per heavy atom. The van der Waals surface area contributed by atoms with Crippen molar-refractivity contribution < 1.29 is 13.2 Å². The summed E-state index contributed by atoms with van der Waals surface area (Å²) in [6.07, 6.45) is 0.263. The number of sulfonamides is 1. The Labute approximate surface area is 203 Å². The molecule has 0 saturated heterocycles. The molecule has 0 aliphatic heterocycles. The molecule has 3 aromatic rings. The number of rotatable bonds is 8. The number of aryl methyl sites for hydroxylation is 1. The normalized spacial score (nSPS) is 11.2. The highest BCUT2D eigenvalue weighted by molar-refractivity contribution is 7.89. The number of halogens is 2. The average Bonchev–Trinajstić information content (AvgIpc) is 2.77. The van der Waals surface area contributed by atoms with Crippen LogP contribution in [0.3, 0.4) is 0 Å². The molecule has 6 nitrogen and oxygen atoms in total. The summed E-state index contributed by atoms with van der Waals surface area (Å²) in [5, 5.41) is 12.2. The average molecular weight is 502 g/mol. The molecule has 0 spiro atoms. The number of anilines is 1. The van der Waals surface area contributed by atoms with Gasteiger partial charge < -0.3 is 5.32 Å². The van der Waals surface area contributed by atoms with E-state index in [0.717, 1.165) is 15.4 Å².